The van der Waals surface area contributed by atoms with Crippen molar-refractivity contribution >= 4 is 81.1 Å². The van der Waals surface area contributed by atoms with Crippen LogP contribution in [-0.4, -0.2) is 156 Å². The molecule has 0 saturated carbocycles. The maximum atomic E-state index is 13.7. The summed E-state index contributed by atoms with van der Waals surface area (Å²) in [6.07, 6.45) is -1.25. The van der Waals surface area contributed by atoms with Crippen LogP contribution in [0.15, 0.2) is 73.6 Å². The predicted molar refractivity (Wildman–Crippen MR) is 267 cm³/mol. The fourth-order valence-electron chi connectivity index (χ4n) is 8.08. The van der Waals surface area contributed by atoms with Crippen molar-refractivity contribution in [3.63, 3.8) is 0 Å². The molecular weight excluding hydrogens is 988 g/mol. The second kappa shape index (κ2) is 23.7. The van der Waals surface area contributed by atoms with E-state index in [-0.39, 0.29) is 90.4 Å². The van der Waals surface area contributed by atoms with Crippen LogP contribution in [0, 0.1) is 0 Å². The zero-order valence-corrected chi connectivity index (χ0v) is 41.5. The first-order valence-corrected chi connectivity index (χ1v) is 23.5. The topological polar surface area (TPSA) is 258 Å². The van der Waals surface area contributed by atoms with Crippen molar-refractivity contribution in [1.82, 2.24) is 34.6 Å². The molecule has 22 nitrogen and oxygen atoms in total. The Hall–Kier alpha value is -8.29. The second-order valence-electron chi connectivity index (χ2n) is 17.6. The number of alkyl halides is 3. The highest BCUT2D eigenvalue weighted by Gasteiger charge is 2.46. The number of aromatic nitrogens is 4. The molecule has 5 heterocycles. The van der Waals surface area contributed by atoms with Gasteiger partial charge in [0.15, 0.2) is 12.4 Å². The van der Waals surface area contributed by atoms with Crippen LogP contribution < -0.4 is 30.9 Å². The molecule has 3 aromatic heterocycles. The number of nitrogens with one attached hydrogen (secondary N) is 4. The summed E-state index contributed by atoms with van der Waals surface area (Å²) in [5.41, 5.74) is 1.52. The number of halogens is 3. The molecular formula is C50H54F3N11O11. The molecule has 25 heteroatoms. The SMILES string of the molecule is C=CC(=O)Nc1cc(Nc2ncc(C(=O)OC(C)C)c(-c3cn(C)c4ccccc34)n2)c(OCC(F)(F)F)nc1N(C)CCN(C)CCOCCOCC(=O)Nc1cccc2c1C(=O)N(C1CCC(=O)NC1=O)C2=O. The Morgan fingerprint density at radius 1 is 0.920 bits per heavy atom. The van der Waals surface area contributed by atoms with Crippen molar-refractivity contribution in [2.45, 2.75) is 45.0 Å². The number of carbonyl (C=O) groups excluding carboxylic acids is 7. The van der Waals surface area contributed by atoms with Gasteiger partial charge >= 0.3 is 12.1 Å². The van der Waals surface area contributed by atoms with Crippen LogP contribution in [0.4, 0.5) is 42.0 Å². The maximum absolute atomic E-state index is 13.7. The number of imide groups is 2. The van der Waals surface area contributed by atoms with Gasteiger partial charge in [-0.25, -0.2) is 14.8 Å². The van der Waals surface area contributed by atoms with Gasteiger partial charge in [0.1, 0.15) is 23.9 Å². The first-order chi connectivity index (χ1) is 35.7. The molecule has 6 amide bonds. The number of ether oxygens (including phenoxy) is 4. The molecule has 1 saturated heterocycles. The summed E-state index contributed by atoms with van der Waals surface area (Å²) in [5.74, 6) is -5.29. The number of esters is 1. The van der Waals surface area contributed by atoms with E-state index in [4.69, 9.17) is 18.9 Å². The van der Waals surface area contributed by atoms with Gasteiger partial charge < -0.3 is 49.3 Å². The van der Waals surface area contributed by atoms with E-state index in [1.807, 2.05) is 40.8 Å². The standard InChI is InChI=1S/C50H54F3N11O11/c1-7-38(65)56-34-23-35(57-49-54-24-31(48(71)75-28(2)3)42(59-49)32-25-63(6)36-14-9-8-11-29(32)36)45(74-27-50(51,52)53)60-43(34)62(5)18-17-61(4)19-20-72-21-22-73-26-40(67)55-33-13-10-12-30-41(33)47(70)64(46(30)69)37-15-16-39(66)58-44(37)68/h7-14,23-25,28,37H,1,15-22,26-27H2,2-6H3,(H,55,67)(H,56,65)(H,54,57,59)(H,58,66,68). The lowest BCUT2D eigenvalue weighted by Gasteiger charge is -2.27. The van der Waals surface area contributed by atoms with E-state index in [1.165, 1.54) is 30.5 Å². The molecule has 0 spiro atoms. The largest absolute Gasteiger partial charge is 0.466 e. The van der Waals surface area contributed by atoms with Crippen molar-refractivity contribution in [2.24, 2.45) is 7.05 Å². The summed E-state index contributed by atoms with van der Waals surface area (Å²) in [6.45, 7) is 6.19. The molecule has 0 aliphatic carbocycles. The van der Waals surface area contributed by atoms with E-state index in [0.29, 0.717) is 18.7 Å². The molecule has 2 aliphatic heterocycles. The highest BCUT2D eigenvalue weighted by Crippen LogP contribution is 2.38. The Labute approximate surface area is 427 Å². The van der Waals surface area contributed by atoms with Gasteiger partial charge in [-0.05, 0) is 57.7 Å². The Kier molecular flexibility index (Phi) is 17.2. The van der Waals surface area contributed by atoms with E-state index in [9.17, 15) is 46.7 Å². The van der Waals surface area contributed by atoms with Gasteiger partial charge in [0, 0.05) is 69.0 Å². The number of likely N-dealkylation sites (N-methyl/N-ethyl adjacent to an activating group) is 2. The molecule has 1 unspecified atom stereocenters. The van der Waals surface area contributed by atoms with Gasteiger partial charge in [-0.3, -0.25) is 39.0 Å². The Morgan fingerprint density at radius 3 is 2.41 bits per heavy atom. The molecule has 4 N–H and O–H groups in total. The highest BCUT2D eigenvalue weighted by molar-refractivity contribution is 6.26. The molecule has 7 rings (SSSR count). The number of para-hydroxylation sites is 1. The van der Waals surface area contributed by atoms with E-state index in [0.717, 1.165) is 21.9 Å². The maximum Gasteiger partial charge on any atom is 0.422 e. The lowest BCUT2D eigenvalue weighted by atomic mass is 10.0. The summed E-state index contributed by atoms with van der Waals surface area (Å²) in [5, 5.41) is 11.0. The number of rotatable bonds is 23. The summed E-state index contributed by atoms with van der Waals surface area (Å²) in [6, 6.07) is 11.9. The molecule has 5 aromatic rings. The van der Waals surface area contributed by atoms with E-state index >= 15 is 0 Å². The fraction of sp³-hybridized carbons (Fsp3) is 0.360. The number of anilines is 5. The third-order valence-electron chi connectivity index (χ3n) is 11.7. The number of nitrogens with zero attached hydrogens (tertiary/aromatic N) is 7. The number of pyridine rings is 1. The van der Waals surface area contributed by atoms with Crippen LogP contribution in [0.25, 0.3) is 22.2 Å². The number of hydrogen-bond donors (Lipinski definition) is 4. The Morgan fingerprint density at radius 2 is 1.68 bits per heavy atom. The smallest absolute Gasteiger partial charge is 0.422 e. The minimum absolute atomic E-state index is 0.00831. The molecule has 1 fully saturated rings. The average molecular weight is 1040 g/mol. The van der Waals surface area contributed by atoms with Crippen molar-refractivity contribution in [2.75, 3.05) is 87.6 Å². The Bertz CT molecular complexity index is 3040. The van der Waals surface area contributed by atoms with Crippen LogP contribution in [0.2, 0.25) is 0 Å². The number of aryl methyl sites for hydroxylation is 1. The normalized spacial score (nSPS) is 14.5. The fourth-order valence-corrected chi connectivity index (χ4v) is 8.08. The molecule has 75 heavy (non-hydrogen) atoms. The summed E-state index contributed by atoms with van der Waals surface area (Å²) in [4.78, 5) is 107. The monoisotopic (exact) mass is 1040 g/mol. The summed E-state index contributed by atoms with van der Waals surface area (Å²) in [7, 11) is 5.25. The number of piperidine rings is 1. The minimum Gasteiger partial charge on any atom is -0.466 e. The van der Waals surface area contributed by atoms with Gasteiger partial charge in [-0.15, -0.1) is 0 Å². The lowest BCUT2D eigenvalue weighted by molar-refractivity contribution is -0.154. The van der Waals surface area contributed by atoms with Gasteiger partial charge in [0.2, 0.25) is 35.5 Å². The number of hydrogen-bond acceptors (Lipinski definition) is 17. The van der Waals surface area contributed by atoms with Crippen LogP contribution in [0.5, 0.6) is 5.88 Å². The van der Waals surface area contributed by atoms with E-state index in [1.54, 1.807) is 39.0 Å². The lowest BCUT2D eigenvalue weighted by Crippen LogP contribution is -2.54. The van der Waals surface area contributed by atoms with Crippen molar-refractivity contribution in [1.29, 1.82) is 0 Å². The number of benzene rings is 2. The van der Waals surface area contributed by atoms with Gasteiger partial charge in [0.25, 0.3) is 11.8 Å². The highest BCUT2D eigenvalue weighted by atomic mass is 19.4. The molecule has 2 aliphatic rings. The Balaban J connectivity index is 0.958. The summed E-state index contributed by atoms with van der Waals surface area (Å²) < 4.78 is 64.8. The molecule has 396 valence electrons. The van der Waals surface area contributed by atoms with Crippen molar-refractivity contribution in [3.8, 4) is 17.1 Å². The third kappa shape index (κ3) is 13.3. The van der Waals surface area contributed by atoms with Crippen LogP contribution in [0.3, 0.4) is 0 Å². The van der Waals surface area contributed by atoms with Crippen LogP contribution >= 0.6 is 0 Å². The number of amides is 6. The summed E-state index contributed by atoms with van der Waals surface area (Å²) >= 11 is 0. The van der Waals surface area contributed by atoms with Crippen molar-refractivity contribution in [3.05, 3.63) is 90.3 Å². The van der Waals surface area contributed by atoms with Gasteiger partial charge in [0.05, 0.1) is 54.1 Å². The zero-order valence-electron chi connectivity index (χ0n) is 41.5. The van der Waals surface area contributed by atoms with Crippen molar-refractivity contribution < 1.29 is 65.7 Å². The average Bonchev–Trinajstić information content (AvgIpc) is 3.83. The molecule has 0 bridgehead atoms. The van der Waals surface area contributed by atoms with E-state index < -0.39 is 78.8 Å². The minimum atomic E-state index is -4.76. The second-order valence-corrected chi connectivity index (χ2v) is 17.6. The first kappa shape index (κ1) is 54.5. The number of fused-ring (bicyclic) bond motifs is 2. The molecule has 2 aromatic carbocycles. The first-order valence-electron chi connectivity index (χ1n) is 23.5. The molecule has 1 atom stereocenters. The zero-order chi connectivity index (χ0) is 54.1. The van der Waals surface area contributed by atoms with Crippen LogP contribution in [-0.2, 0) is 40.4 Å². The number of carbonyl (C=O) groups is 7. The molecule has 0 radical (unpaired) electrons. The van der Waals surface area contributed by atoms with Gasteiger partial charge in [-0.2, -0.15) is 18.2 Å². The van der Waals surface area contributed by atoms with E-state index in [2.05, 4.69) is 42.8 Å². The third-order valence-corrected chi connectivity index (χ3v) is 11.7. The predicted octanol–water partition coefficient (Wildman–Crippen LogP) is 4.85. The van der Waals surface area contributed by atoms with Gasteiger partial charge in [-0.1, -0.05) is 30.8 Å². The quantitative estimate of drug-likeness (QED) is 0.0295. The van der Waals surface area contributed by atoms with Crippen LogP contribution in [0.1, 0.15) is 57.8 Å².